The van der Waals surface area contributed by atoms with Gasteiger partial charge in [0.2, 0.25) is 5.91 Å². The number of nitrogens with one attached hydrogen (secondary N) is 2. The van der Waals surface area contributed by atoms with Gasteiger partial charge in [0.15, 0.2) is 0 Å². The lowest BCUT2D eigenvalue weighted by molar-refractivity contribution is -0.117. The molecule has 4 rings (SSSR count). The van der Waals surface area contributed by atoms with Gasteiger partial charge in [0.05, 0.1) is 16.9 Å². The topological polar surface area (TPSA) is 97.9 Å². The van der Waals surface area contributed by atoms with Crippen molar-refractivity contribution in [1.29, 1.82) is 0 Å². The van der Waals surface area contributed by atoms with Crippen molar-refractivity contribution in [3.63, 3.8) is 0 Å². The average Bonchev–Trinajstić information content (AvgIpc) is 3.14. The number of anilines is 2. The highest BCUT2D eigenvalue weighted by molar-refractivity contribution is 6.00. The molecule has 1 aromatic carbocycles. The molecule has 0 radical (unpaired) electrons. The maximum Gasteiger partial charge on any atom is 0.255 e. The molecule has 9 nitrogen and oxygen atoms in total. The zero-order chi connectivity index (χ0) is 26.4. The number of carbonyl (C=O) groups excluding carboxylic acids is 3. The van der Waals surface area contributed by atoms with Crippen molar-refractivity contribution >= 4 is 29.1 Å². The number of pyridine rings is 1. The Kier molecular flexibility index (Phi) is 8.43. The quantitative estimate of drug-likeness (QED) is 0.647. The minimum absolute atomic E-state index is 0.0226. The summed E-state index contributed by atoms with van der Waals surface area (Å²) in [6, 6.07) is 9.15. The molecule has 0 atom stereocenters. The maximum atomic E-state index is 13.2. The zero-order valence-electron chi connectivity index (χ0n) is 22.1. The van der Waals surface area contributed by atoms with Gasteiger partial charge < -0.3 is 25.3 Å². The molecule has 2 aliphatic heterocycles. The van der Waals surface area contributed by atoms with Crippen LogP contribution in [0, 0.1) is 5.41 Å². The highest BCUT2D eigenvalue weighted by Crippen LogP contribution is 2.30. The van der Waals surface area contributed by atoms with Crippen molar-refractivity contribution in [3.8, 4) is 0 Å². The molecule has 0 saturated carbocycles. The summed E-state index contributed by atoms with van der Waals surface area (Å²) in [7, 11) is 0. The van der Waals surface area contributed by atoms with E-state index in [-0.39, 0.29) is 23.1 Å². The van der Waals surface area contributed by atoms with Gasteiger partial charge in [-0.25, -0.2) is 0 Å². The molecule has 2 aliphatic rings. The number of benzene rings is 1. The van der Waals surface area contributed by atoms with E-state index in [4.69, 9.17) is 0 Å². The lowest BCUT2D eigenvalue weighted by Gasteiger charge is -2.29. The van der Waals surface area contributed by atoms with Crippen LogP contribution in [0.3, 0.4) is 0 Å². The van der Waals surface area contributed by atoms with Crippen LogP contribution in [0.15, 0.2) is 42.7 Å². The van der Waals surface area contributed by atoms with Crippen LogP contribution in [0.4, 0.5) is 11.4 Å². The molecule has 0 unspecified atom stereocenters. The Bertz CT molecular complexity index is 1110. The summed E-state index contributed by atoms with van der Waals surface area (Å²) in [5, 5.41) is 6.36. The standard InChI is InChI=1S/C28H38N6O3/c1-28(2,3)19-25(35)31-23-18-21(26(36)34-14-10-29-11-15-34)7-8-24(23)32-12-5-13-33(17-16-32)27(37)22-6-4-9-30-20-22/h4,6-9,18,20,29H,5,10-17,19H2,1-3H3,(H,31,35). The summed E-state index contributed by atoms with van der Waals surface area (Å²) in [6.07, 6.45) is 4.42. The van der Waals surface area contributed by atoms with Crippen LogP contribution < -0.4 is 15.5 Å². The average molecular weight is 507 g/mol. The van der Waals surface area contributed by atoms with E-state index in [2.05, 4.69) is 20.5 Å². The number of piperazine rings is 1. The van der Waals surface area contributed by atoms with E-state index in [9.17, 15) is 14.4 Å². The summed E-state index contributed by atoms with van der Waals surface area (Å²) >= 11 is 0. The minimum atomic E-state index is -0.158. The van der Waals surface area contributed by atoms with Crippen LogP contribution in [-0.4, -0.2) is 84.9 Å². The summed E-state index contributed by atoms with van der Waals surface area (Å²) in [6.45, 7) is 11.5. The predicted octanol–water partition coefficient (Wildman–Crippen LogP) is 2.85. The Morgan fingerprint density at radius 1 is 0.919 bits per heavy atom. The van der Waals surface area contributed by atoms with Crippen LogP contribution in [0.2, 0.25) is 0 Å². The SMILES string of the molecule is CC(C)(C)CC(=O)Nc1cc(C(=O)N2CCNCC2)ccc1N1CCCN(C(=O)c2cccnc2)CC1. The second kappa shape index (κ2) is 11.7. The van der Waals surface area contributed by atoms with Gasteiger partial charge in [-0.05, 0) is 42.2 Å². The van der Waals surface area contributed by atoms with E-state index in [0.29, 0.717) is 56.0 Å². The summed E-state index contributed by atoms with van der Waals surface area (Å²) in [4.78, 5) is 49.1. The van der Waals surface area contributed by atoms with Crippen molar-refractivity contribution in [2.45, 2.75) is 33.6 Å². The zero-order valence-corrected chi connectivity index (χ0v) is 22.1. The van der Waals surface area contributed by atoms with E-state index >= 15 is 0 Å². The molecule has 3 heterocycles. The first-order chi connectivity index (χ1) is 17.7. The van der Waals surface area contributed by atoms with E-state index in [1.54, 1.807) is 24.5 Å². The number of carbonyl (C=O) groups is 3. The van der Waals surface area contributed by atoms with Gasteiger partial charge in [-0.1, -0.05) is 20.8 Å². The molecule has 2 N–H and O–H groups in total. The smallest absolute Gasteiger partial charge is 0.255 e. The number of rotatable bonds is 5. The van der Waals surface area contributed by atoms with Crippen molar-refractivity contribution < 1.29 is 14.4 Å². The molecule has 2 aromatic rings. The largest absolute Gasteiger partial charge is 0.368 e. The summed E-state index contributed by atoms with van der Waals surface area (Å²) in [5.74, 6) is -0.127. The number of aromatic nitrogens is 1. The highest BCUT2D eigenvalue weighted by Gasteiger charge is 2.25. The summed E-state index contributed by atoms with van der Waals surface area (Å²) < 4.78 is 0. The van der Waals surface area contributed by atoms with E-state index < -0.39 is 0 Å². The van der Waals surface area contributed by atoms with Crippen molar-refractivity contribution in [2.75, 3.05) is 62.6 Å². The van der Waals surface area contributed by atoms with Gasteiger partial charge in [-0.15, -0.1) is 0 Å². The molecule has 37 heavy (non-hydrogen) atoms. The lowest BCUT2D eigenvalue weighted by atomic mass is 9.92. The van der Waals surface area contributed by atoms with Crippen molar-refractivity contribution in [1.82, 2.24) is 20.1 Å². The van der Waals surface area contributed by atoms with Crippen LogP contribution in [-0.2, 0) is 4.79 Å². The molecule has 3 amide bonds. The fraction of sp³-hybridized carbons (Fsp3) is 0.500. The fourth-order valence-corrected chi connectivity index (χ4v) is 4.80. The third kappa shape index (κ3) is 7.07. The van der Waals surface area contributed by atoms with Gasteiger partial charge >= 0.3 is 0 Å². The molecule has 0 spiro atoms. The van der Waals surface area contributed by atoms with Gasteiger partial charge in [0.1, 0.15) is 0 Å². The third-order valence-corrected chi connectivity index (χ3v) is 6.64. The van der Waals surface area contributed by atoms with Crippen LogP contribution in [0.1, 0.15) is 54.3 Å². The molecule has 9 heteroatoms. The molecule has 0 aliphatic carbocycles. The highest BCUT2D eigenvalue weighted by atomic mass is 16.2. The number of amides is 3. The van der Waals surface area contributed by atoms with Gasteiger partial charge in [0, 0.05) is 76.7 Å². The first kappa shape index (κ1) is 26.6. The van der Waals surface area contributed by atoms with E-state index in [1.165, 1.54) is 0 Å². The van der Waals surface area contributed by atoms with Crippen LogP contribution >= 0.6 is 0 Å². The van der Waals surface area contributed by atoms with Crippen LogP contribution in [0.5, 0.6) is 0 Å². The van der Waals surface area contributed by atoms with Gasteiger partial charge in [-0.2, -0.15) is 0 Å². The van der Waals surface area contributed by atoms with E-state index in [1.807, 2.05) is 48.8 Å². The monoisotopic (exact) mass is 506 g/mol. The van der Waals surface area contributed by atoms with Gasteiger partial charge in [0.25, 0.3) is 11.8 Å². The lowest BCUT2D eigenvalue weighted by Crippen LogP contribution is -2.46. The molecule has 198 valence electrons. The number of nitrogens with zero attached hydrogens (tertiary/aromatic N) is 4. The number of hydrogen-bond donors (Lipinski definition) is 2. The molecule has 0 bridgehead atoms. The molecule has 2 saturated heterocycles. The van der Waals surface area contributed by atoms with Gasteiger partial charge in [-0.3, -0.25) is 19.4 Å². The van der Waals surface area contributed by atoms with Crippen LogP contribution in [0.25, 0.3) is 0 Å². The minimum Gasteiger partial charge on any atom is -0.368 e. The third-order valence-electron chi connectivity index (χ3n) is 6.64. The van der Waals surface area contributed by atoms with E-state index in [0.717, 1.165) is 31.7 Å². The Hall–Kier alpha value is -3.46. The summed E-state index contributed by atoms with van der Waals surface area (Å²) in [5.41, 5.74) is 2.51. The first-order valence-electron chi connectivity index (χ1n) is 13.1. The number of hydrogen-bond acceptors (Lipinski definition) is 6. The normalized spacial score (nSPS) is 16.8. The molecular weight excluding hydrogens is 468 g/mol. The fourth-order valence-electron chi connectivity index (χ4n) is 4.80. The van der Waals surface area contributed by atoms with Crippen molar-refractivity contribution in [2.24, 2.45) is 5.41 Å². The first-order valence-corrected chi connectivity index (χ1v) is 13.1. The second-order valence-corrected chi connectivity index (χ2v) is 10.9. The Morgan fingerprint density at radius 3 is 2.35 bits per heavy atom. The molecular formula is C28H38N6O3. The molecule has 1 aromatic heterocycles. The maximum absolute atomic E-state index is 13.2. The Morgan fingerprint density at radius 2 is 1.65 bits per heavy atom. The van der Waals surface area contributed by atoms with Crippen molar-refractivity contribution in [3.05, 3.63) is 53.9 Å². The second-order valence-electron chi connectivity index (χ2n) is 10.9. The molecule has 2 fully saturated rings. The predicted molar refractivity (Wildman–Crippen MR) is 145 cm³/mol. The Labute approximate surface area is 219 Å². The Balaban J connectivity index is 1.55.